The lowest BCUT2D eigenvalue weighted by atomic mass is 10.0. The fraction of sp³-hybridized carbons (Fsp3) is 0.704. The van der Waals surface area contributed by atoms with Gasteiger partial charge in [-0.15, -0.1) is 0 Å². The molecule has 1 aromatic heterocycles. The molecular formula is C27H45N3O5Si2. The summed E-state index contributed by atoms with van der Waals surface area (Å²) in [6, 6.07) is 1.65. The normalized spacial score (nSPS) is 27.2. The molecule has 2 aliphatic heterocycles. The van der Waals surface area contributed by atoms with Crippen molar-refractivity contribution >= 4 is 33.8 Å². The van der Waals surface area contributed by atoms with Crippen molar-refractivity contribution in [2.24, 2.45) is 0 Å². The van der Waals surface area contributed by atoms with E-state index in [1.54, 1.807) is 16.8 Å². The van der Waals surface area contributed by atoms with Crippen molar-refractivity contribution in [3.63, 3.8) is 0 Å². The van der Waals surface area contributed by atoms with Crippen LogP contribution in [0.5, 0.6) is 0 Å². The number of ether oxygens (including phenoxy) is 2. The van der Waals surface area contributed by atoms with E-state index in [0.29, 0.717) is 6.42 Å². The summed E-state index contributed by atoms with van der Waals surface area (Å²) in [4.78, 5) is 41.4. The summed E-state index contributed by atoms with van der Waals surface area (Å²) in [5.41, 5.74) is -0.242. The molecule has 0 unspecified atom stereocenters. The monoisotopic (exact) mass is 547 g/mol. The van der Waals surface area contributed by atoms with Crippen LogP contribution in [0.15, 0.2) is 29.2 Å². The lowest BCUT2D eigenvalue weighted by Gasteiger charge is -2.52. The molecule has 206 valence electrons. The largest absolute Gasteiger partial charge is 0.456 e. The van der Waals surface area contributed by atoms with Crippen LogP contribution in [0.2, 0.25) is 47.3 Å². The molecule has 8 nitrogen and oxygen atoms in total. The minimum absolute atomic E-state index is 0.0189. The van der Waals surface area contributed by atoms with Gasteiger partial charge in [0.25, 0.3) is 0 Å². The molecule has 3 rings (SSSR count). The lowest BCUT2D eigenvalue weighted by Crippen LogP contribution is -2.55. The van der Waals surface area contributed by atoms with Crippen LogP contribution in [0.4, 0.5) is 5.82 Å². The van der Waals surface area contributed by atoms with Crippen LogP contribution in [-0.4, -0.2) is 49.8 Å². The number of nitrogens with one attached hydrogen (secondary N) is 1. The number of hydrogen-bond donors (Lipinski definition) is 1. The van der Waals surface area contributed by atoms with Gasteiger partial charge in [0.05, 0.1) is 22.3 Å². The van der Waals surface area contributed by atoms with E-state index in [0.717, 1.165) is 0 Å². The average molecular weight is 548 g/mol. The zero-order valence-electron chi connectivity index (χ0n) is 24.3. The smallest absolute Gasteiger partial charge is 0.351 e. The van der Waals surface area contributed by atoms with Crippen LogP contribution in [0.3, 0.4) is 0 Å². The Labute approximate surface area is 223 Å². The minimum Gasteiger partial charge on any atom is -0.456 e. The fourth-order valence-corrected chi connectivity index (χ4v) is 14.2. The van der Waals surface area contributed by atoms with Gasteiger partial charge in [0.2, 0.25) is 5.91 Å². The van der Waals surface area contributed by atoms with Crippen molar-refractivity contribution in [3.05, 3.63) is 34.9 Å². The van der Waals surface area contributed by atoms with E-state index >= 15 is 0 Å². The van der Waals surface area contributed by atoms with Gasteiger partial charge in [-0.05, 0) is 21.7 Å². The molecule has 0 radical (unpaired) electrons. The second-order valence-electron chi connectivity index (χ2n) is 13.8. The van der Waals surface area contributed by atoms with Gasteiger partial charge < -0.3 is 14.8 Å². The van der Waals surface area contributed by atoms with E-state index in [4.69, 9.17) is 9.47 Å². The number of nitrogens with zero attached hydrogens (tertiary/aromatic N) is 2. The molecule has 3 heterocycles. The maximum atomic E-state index is 13.4. The van der Waals surface area contributed by atoms with E-state index in [2.05, 4.69) is 78.0 Å². The molecule has 1 saturated heterocycles. The van der Waals surface area contributed by atoms with E-state index in [9.17, 15) is 14.4 Å². The number of rotatable bonds is 5. The van der Waals surface area contributed by atoms with Crippen molar-refractivity contribution in [1.82, 2.24) is 9.55 Å². The van der Waals surface area contributed by atoms with Gasteiger partial charge >= 0.3 is 11.7 Å². The molecule has 5 atom stereocenters. The molecule has 1 amide bonds. The highest BCUT2D eigenvalue weighted by atomic mass is 28.3. The second-order valence-corrected chi connectivity index (χ2v) is 25.0. The van der Waals surface area contributed by atoms with Crippen molar-refractivity contribution in [2.75, 3.05) is 5.32 Å². The van der Waals surface area contributed by atoms with E-state index in [-0.39, 0.29) is 45.0 Å². The lowest BCUT2D eigenvalue weighted by molar-refractivity contribution is -0.154. The highest BCUT2D eigenvalue weighted by Crippen LogP contribution is 2.65. The standard InChI is InChI=1S/C27H45N3O5Si2/c1-17(31)28-19-15-16-30(25(33)29-19)24-23(37(10,11)27(5,6)7)22(36(8,9)26(2,3)4)21(35-24)18-13-12-14-20(32)34-18/h12,14-16,18,21-24H,13H2,1-11H3,(H,28,29,31,33)/t18-,21+,22+,23+,24+/m0/s1. The van der Waals surface area contributed by atoms with Gasteiger partial charge in [-0.3, -0.25) is 9.36 Å². The van der Waals surface area contributed by atoms with Gasteiger partial charge in [0, 0.05) is 31.2 Å². The third kappa shape index (κ3) is 5.56. The third-order valence-electron chi connectivity index (χ3n) is 9.54. The predicted molar refractivity (Wildman–Crippen MR) is 152 cm³/mol. The predicted octanol–water partition coefficient (Wildman–Crippen LogP) is 5.73. The number of cyclic esters (lactones) is 1. The van der Waals surface area contributed by atoms with Crippen LogP contribution in [0.25, 0.3) is 0 Å². The third-order valence-corrected chi connectivity index (χ3v) is 22.3. The van der Waals surface area contributed by atoms with Crippen molar-refractivity contribution < 1.29 is 19.1 Å². The fourth-order valence-electron chi connectivity index (χ4n) is 5.53. The van der Waals surface area contributed by atoms with E-state index < -0.39 is 34.2 Å². The first-order valence-electron chi connectivity index (χ1n) is 13.2. The van der Waals surface area contributed by atoms with Crippen molar-refractivity contribution in [1.29, 1.82) is 0 Å². The Balaban J connectivity index is 2.25. The number of carbonyl (C=O) groups is 2. The molecule has 1 aromatic rings. The quantitative estimate of drug-likeness (QED) is 0.373. The number of carbonyl (C=O) groups excluding carboxylic acids is 2. The van der Waals surface area contributed by atoms with Gasteiger partial charge in [0.1, 0.15) is 18.1 Å². The first-order valence-corrected chi connectivity index (χ1v) is 19.3. The molecule has 0 saturated carbocycles. The Hall–Kier alpha value is -2.05. The molecule has 1 fully saturated rings. The Morgan fingerprint density at radius 2 is 1.59 bits per heavy atom. The van der Waals surface area contributed by atoms with Gasteiger partial charge in [-0.1, -0.05) is 73.8 Å². The summed E-state index contributed by atoms with van der Waals surface area (Å²) in [6.45, 7) is 24.8. The number of amides is 1. The van der Waals surface area contributed by atoms with E-state index in [1.807, 2.05) is 6.08 Å². The SMILES string of the molecule is CC(=O)Nc1ccn([C@@H]2O[C@H]([C@@H]3CC=CC(=O)O3)[C@@H]([Si](C)(C)C(C)(C)C)[C@H]2[Si](C)(C)C(C)(C)C)c(=O)n1. The Morgan fingerprint density at radius 1 is 1.03 bits per heavy atom. The number of esters is 1. The first-order chi connectivity index (χ1) is 16.8. The molecule has 1 N–H and O–H groups in total. The summed E-state index contributed by atoms with van der Waals surface area (Å²) < 4.78 is 14.4. The van der Waals surface area contributed by atoms with Gasteiger partial charge in [-0.25, -0.2) is 9.59 Å². The van der Waals surface area contributed by atoms with Crippen LogP contribution in [0.1, 0.15) is 61.1 Å². The Kier molecular flexibility index (Phi) is 7.91. The highest BCUT2D eigenvalue weighted by Gasteiger charge is 2.64. The zero-order valence-corrected chi connectivity index (χ0v) is 26.3. The number of aromatic nitrogens is 2. The maximum absolute atomic E-state index is 13.4. The van der Waals surface area contributed by atoms with Crippen LogP contribution in [-0.2, 0) is 19.1 Å². The maximum Gasteiger partial charge on any atom is 0.351 e. The number of anilines is 1. The molecule has 0 spiro atoms. The molecule has 0 bridgehead atoms. The summed E-state index contributed by atoms with van der Waals surface area (Å²) in [5.74, 6) is -0.412. The zero-order chi connectivity index (χ0) is 28.1. The Morgan fingerprint density at radius 3 is 2.08 bits per heavy atom. The molecule has 0 aromatic carbocycles. The summed E-state index contributed by atoms with van der Waals surface area (Å²) >= 11 is 0. The van der Waals surface area contributed by atoms with Crippen molar-refractivity contribution in [2.45, 2.75) is 121 Å². The Bertz CT molecular complexity index is 1130. The van der Waals surface area contributed by atoms with Gasteiger partial charge in [0.15, 0.2) is 0 Å². The second kappa shape index (κ2) is 9.92. The van der Waals surface area contributed by atoms with Crippen LogP contribution >= 0.6 is 0 Å². The minimum atomic E-state index is -2.16. The average Bonchev–Trinajstić information content (AvgIpc) is 3.13. The number of hydrogen-bond acceptors (Lipinski definition) is 6. The molecule has 0 aliphatic carbocycles. The van der Waals surface area contributed by atoms with E-state index in [1.165, 1.54) is 13.0 Å². The highest BCUT2D eigenvalue weighted by molar-refractivity contribution is 6.87. The molecule has 2 aliphatic rings. The first kappa shape index (κ1) is 29.5. The molecular weight excluding hydrogens is 502 g/mol. The molecule has 37 heavy (non-hydrogen) atoms. The van der Waals surface area contributed by atoms with Crippen LogP contribution < -0.4 is 11.0 Å². The topological polar surface area (TPSA) is 99.5 Å². The van der Waals surface area contributed by atoms with Crippen molar-refractivity contribution in [3.8, 4) is 0 Å². The van der Waals surface area contributed by atoms with Crippen LogP contribution in [0, 0.1) is 0 Å². The summed E-state index contributed by atoms with van der Waals surface area (Å²) in [6.07, 6.45) is 4.34. The van der Waals surface area contributed by atoms with Gasteiger partial charge in [-0.2, -0.15) is 4.98 Å². The summed E-state index contributed by atoms with van der Waals surface area (Å²) in [7, 11) is -4.28. The molecule has 10 heteroatoms. The summed E-state index contributed by atoms with van der Waals surface area (Å²) in [5, 5.41) is 2.66.